The van der Waals surface area contributed by atoms with Gasteiger partial charge in [0.25, 0.3) is 0 Å². The van der Waals surface area contributed by atoms with Gasteiger partial charge in [-0.2, -0.15) is 4.98 Å². The Morgan fingerprint density at radius 3 is 2.57 bits per heavy atom. The molecule has 6 nitrogen and oxygen atoms in total. The molecular weight excluding hydrogens is 378 g/mol. The second-order valence-electron chi connectivity index (χ2n) is 8.76. The van der Waals surface area contributed by atoms with E-state index in [2.05, 4.69) is 59.2 Å². The Bertz CT molecular complexity index is 864. The van der Waals surface area contributed by atoms with Crippen LogP contribution in [0, 0.1) is 11.8 Å². The first kappa shape index (κ1) is 20.6. The molecule has 0 spiro atoms. The van der Waals surface area contributed by atoms with Crippen LogP contribution in [-0.2, 0) is 4.79 Å². The van der Waals surface area contributed by atoms with E-state index in [-0.39, 0.29) is 11.8 Å². The molecule has 160 valence electrons. The number of allylic oxidation sites excluding steroid dienone is 2. The number of ether oxygens (including phenoxy) is 1. The fraction of sp³-hybridized carbons (Fsp3) is 0.542. The summed E-state index contributed by atoms with van der Waals surface area (Å²) in [5, 5.41) is 4.06. The molecular formula is C24H31N3O3. The largest absolute Gasteiger partial charge is 0.493 e. The molecule has 6 heteroatoms. The van der Waals surface area contributed by atoms with Gasteiger partial charge in [-0.25, -0.2) is 0 Å². The van der Waals surface area contributed by atoms with E-state index in [1.165, 1.54) is 11.1 Å². The zero-order valence-corrected chi connectivity index (χ0v) is 17.9. The van der Waals surface area contributed by atoms with Crippen LogP contribution in [0.4, 0.5) is 6.01 Å². The van der Waals surface area contributed by atoms with Crippen molar-refractivity contribution < 1.29 is 14.1 Å². The lowest BCUT2D eigenvalue weighted by Gasteiger charge is -2.30. The van der Waals surface area contributed by atoms with Gasteiger partial charge in [0, 0.05) is 24.9 Å². The van der Waals surface area contributed by atoms with Crippen molar-refractivity contribution >= 4 is 17.9 Å². The van der Waals surface area contributed by atoms with Gasteiger partial charge in [-0.1, -0.05) is 37.2 Å². The van der Waals surface area contributed by atoms with Crippen LogP contribution in [-0.4, -0.2) is 36.1 Å². The van der Waals surface area contributed by atoms with Crippen molar-refractivity contribution in [3.63, 3.8) is 0 Å². The van der Waals surface area contributed by atoms with Crippen LogP contribution in [0.2, 0.25) is 0 Å². The first-order valence-electron chi connectivity index (χ1n) is 11.1. The highest BCUT2D eigenvalue weighted by Crippen LogP contribution is 2.30. The van der Waals surface area contributed by atoms with E-state index >= 15 is 0 Å². The molecule has 1 aliphatic carbocycles. The predicted octanol–water partition coefficient (Wildman–Crippen LogP) is 4.87. The molecule has 1 aliphatic heterocycles. The van der Waals surface area contributed by atoms with Gasteiger partial charge in [-0.15, -0.1) is 0 Å². The predicted molar refractivity (Wildman–Crippen MR) is 117 cm³/mol. The Hall–Kier alpha value is -2.63. The maximum Gasteiger partial charge on any atom is 0.324 e. The van der Waals surface area contributed by atoms with Crippen LogP contribution in [0.1, 0.15) is 63.3 Å². The average Bonchev–Trinajstić information content (AvgIpc) is 3.29. The Labute approximate surface area is 178 Å². The molecule has 0 bridgehead atoms. The summed E-state index contributed by atoms with van der Waals surface area (Å²) in [6.45, 7) is 6.71. The van der Waals surface area contributed by atoms with Crippen molar-refractivity contribution in [2.75, 3.05) is 24.6 Å². The standard InChI is InChI=1S/C24H31N3O3/c1-17(2)23-25-24(30-26-23)27-13-11-19(12-14-27)16-29-22-9-7-21(8-10-22)20-5-3-18(15-28)4-6-20/h5,7-10,15,17-19H,3-4,6,11-14,16H2,1-2H3. The van der Waals surface area contributed by atoms with Crippen LogP contribution < -0.4 is 9.64 Å². The van der Waals surface area contributed by atoms with Gasteiger partial charge in [0.05, 0.1) is 6.61 Å². The van der Waals surface area contributed by atoms with E-state index in [1.54, 1.807) is 0 Å². The Morgan fingerprint density at radius 1 is 1.20 bits per heavy atom. The van der Waals surface area contributed by atoms with E-state index < -0.39 is 0 Å². The van der Waals surface area contributed by atoms with Crippen molar-refractivity contribution in [2.24, 2.45) is 11.8 Å². The average molecular weight is 410 g/mol. The number of nitrogens with zero attached hydrogens (tertiary/aromatic N) is 3. The lowest BCUT2D eigenvalue weighted by atomic mass is 9.87. The molecule has 2 heterocycles. The summed E-state index contributed by atoms with van der Waals surface area (Å²) in [4.78, 5) is 17.6. The van der Waals surface area contributed by atoms with Gasteiger partial charge in [0.2, 0.25) is 0 Å². The molecule has 0 saturated carbocycles. The van der Waals surface area contributed by atoms with Gasteiger partial charge < -0.3 is 19.0 Å². The molecule has 0 amide bonds. The number of anilines is 1. The number of piperidine rings is 1. The molecule has 4 rings (SSSR count). The van der Waals surface area contributed by atoms with E-state index in [4.69, 9.17) is 9.26 Å². The smallest absolute Gasteiger partial charge is 0.324 e. The molecule has 0 N–H and O–H groups in total. The molecule has 2 aliphatic rings. The fourth-order valence-electron chi connectivity index (χ4n) is 4.10. The summed E-state index contributed by atoms with van der Waals surface area (Å²) in [6, 6.07) is 9.02. The maximum absolute atomic E-state index is 10.9. The van der Waals surface area contributed by atoms with Gasteiger partial charge in [-0.05, 0) is 61.3 Å². The van der Waals surface area contributed by atoms with Gasteiger partial charge in [-0.3, -0.25) is 0 Å². The summed E-state index contributed by atoms with van der Waals surface area (Å²) in [7, 11) is 0. The van der Waals surface area contributed by atoms with Crippen LogP contribution in [0.25, 0.3) is 5.57 Å². The summed E-state index contributed by atoms with van der Waals surface area (Å²) >= 11 is 0. The molecule has 1 atom stereocenters. The quantitative estimate of drug-likeness (QED) is 0.608. The van der Waals surface area contributed by atoms with Gasteiger partial charge in [0.15, 0.2) is 5.82 Å². The van der Waals surface area contributed by atoms with E-state index in [9.17, 15) is 4.79 Å². The molecule has 1 unspecified atom stereocenters. The zero-order valence-electron chi connectivity index (χ0n) is 17.9. The van der Waals surface area contributed by atoms with Crippen LogP contribution in [0.15, 0.2) is 34.9 Å². The second kappa shape index (κ2) is 9.45. The number of hydrogen-bond donors (Lipinski definition) is 0. The first-order valence-corrected chi connectivity index (χ1v) is 11.1. The SMILES string of the molecule is CC(C)c1noc(N2CCC(COc3ccc(C4=CCC(C=O)CC4)cc3)CC2)n1. The molecule has 1 aromatic heterocycles. The minimum absolute atomic E-state index is 0.194. The number of carbonyl (C=O) groups is 1. The lowest BCUT2D eigenvalue weighted by molar-refractivity contribution is -0.111. The number of aromatic nitrogens is 2. The number of carbonyl (C=O) groups excluding carboxylic acids is 1. The molecule has 30 heavy (non-hydrogen) atoms. The summed E-state index contributed by atoms with van der Waals surface area (Å²) in [6.07, 6.45) is 8.19. The van der Waals surface area contributed by atoms with Crippen molar-refractivity contribution in [1.29, 1.82) is 0 Å². The van der Waals surface area contributed by atoms with Crippen LogP contribution >= 0.6 is 0 Å². The molecule has 1 fully saturated rings. The van der Waals surface area contributed by atoms with Crippen molar-refractivity contribution in [3.8, 4) is 5.75 Å². The highest BCUT2D eigenvalue weighted by Gasteiger charge is 2.24. The monoisotopic (exact) mass is 409 g/mol. The van der Waals surface area contributed by atoms with E-state index in [1.807, 2.05) is 0 Å². The van der Waals surface area contributed by atoms with Crippen molar-refractivity contribution in [2.45, 2.75) is 51.9 Å². The third-order valence-electron chi connectivity index (χ3n) is 6.19. The fourth-order valence-corrected chi connectivity index (χ4v) is 4.10. The topological polar surface area (TPSA) is 68.5 Å². The summed E-state index contributed by atoms with van der Waals surface area (Å²) in [5.74, 6) is 2.70. The van der Waals surface area contributed by atoms with Crippen LogP contribution in [0.5, 0.6) is 5.75 Å². The summed E-state index contributed by atoms with van der Waals surface area (Å²) in [5.41, 5.74) is 2.58. The Balaban J connectivity index is 1.24. The van der Waals surface area contributed by atoms with Gasteiger partial charge in [0.1, 0.15) is 12.0 Å². The Morgan fingerprint density at radius 2 is 1.97 bits per heavy atom. The number of aldehydes is 1. The normalized spacial score (nSPS) is 20.3. The maximum atomic E-state index is 10.9. The number of rotatable bonds is 7. The van der Waals surface area contributed by atoms with E-state index in [0.717, 1.165) is 69.7 Å². The summed E-state index contributed by atoms with van der Waals surface area (Å²) < 4.78 is 11.5. The second-order valence-corrected chi connectivity index (χ2v) is 8.76. The van der Waals surface area contributed by atoms with E-state index in [0.29, 0.717) is 11.9 Å². The number of hydrogen-bond acceptors (Lipinski definition) is 6. The first-order chi connectivity index (χ1) is 14.6. The van der Waals surface area contributed by atoms with Crippen molar-refractivity contribution in [1.82, 2.24) is 10.1 Å². The lowest BCUT2D eigenvalue weighted by Crippen LogP contribution is -2.35. The zero-order chi connectivity index (χ0) is 20.9. The minimum atomic E-state index is 0.194. The highest BCUT2D eigenvalue weighted by atomic mass is 16.5. The third kappa shape index (κ3) is 4.91. The van der Waals surface area contributed by atoms with Crippen molar-refractivity contribution in [3.05, 3.63) is 41.7 Å². The third-order valence-corrected chi connectivity index (χ3v) is 6.19. The Kier molecular flexibility index (Phi) is 6.50. The van der Waals surface area contributed by atoms with Crippen LogP contribution in [0.3, 0.4) is 0 Å². The van der Waals surface area contributed by atoms with Gasteiger partial charge >= 0.3 is 6.01 Å². The minimum Gasteiger partial charge on any atom is -0.493 e. The molecule has 1 saturated heterocycles. The molecule has 0 radical (unpaired) electrons. The number of benzene rings is 1. The molecule has 1 aromatic carbocycles. The molecule has 2 aromatic rings. The highest BCUT2D eigenvalue weighted by molar-refractivity contribution is 5.68.